The molecule has 2 aliphatic rings. The van der Waals surface area contributed by atoms with E-state index in [-0.39, 0.29) is 24.1 Å². The summed E-state index contributed by atoms with van der Waals surface area (Å²) in [5.41, 5.74) is 1.07. The smallest absolute Gasteiger partial charge is 0.410 e. The van der Waals surface area contributed by atoms with Crippen LogP contribution in [-0.4, -0.2) is 69.2 Å². The molecule has 4 heterocycles. The summed E-state index contributed by atoms with van der Waals surface area (Å²) in [4.78, 5) is 42.1. The normalized spacial score (nSPS) is 18.2. The lowest BCUT2D eigenvalue weighted by Crippen LogP contribution is -2.57. The minimum Gasteiger partial charge on any atom is -0.469 e. The van der Waals surface area contributed by atoms with Crippen molar-refractivity contribution in [2.45, 2.75) is 57.9 Å². The van der Waals surface area contributed by atoms with E-state index < -0.39 is 5.60 Å². The average Bonchev–Trinajstić information content (AvgIpc) is 3.46. The molecule has 5 rings (SSSR count). The molecule has 0 spiro atoms. The standard InChI is InChI=1S/C25H30N6O4S/c1-25(2,3)35-24(33)30-13-17(14-30)34-22-19-20(27-15-28-22)29-23(36-19)31-11-7-10-18(31)21(32)26-12-16-8-5-4-6-9-16/h4-6,8-9,15,17-18H,7,10-14H2,1-3H3,(H,26,32)/t18-/m1/s1. The molecule has 2 aromatic heterocycles. The fraction of sp³-hybridized carbons (Fsp3) is 0.480. The van der Waals surface area contributed by atoms with Crippen molar-refractivity contribution >= 4 is 38.8 Å². The van der Waals surface area contributed by atoms with Crippen LogP contribution < -0.4 is 15.0 Å². The number of carbonyl (C=O) groups is 2. The molecule has 0 radical (unpaired) electrons. The monoisotopic (exact) mass is 510 g/mol. The van der Waals surface area contributed by atoms with Crippen molar-refractivity contribution in [3.8, 4) is 5.88 Å². The number of nitrogens with one attached hydrogen (secondary N) is 1. The van der Waals surface area contributed by atoms with Crippen LogP contribution in [0.5, 0.6) is 5.88 Å². The first-order valence-electron chi connectivity index (χ1n) is 12.1. The van der Waals surface area contributed by atoms with E-state index in [0.717, 1.165) is 34.8 Å². The zero-order valence-electron chi connectivity index (χ0n) is 20.6. The molecule has 1 atom stereocenters. The topological polar surface area (TPSA) is 110 Å². The fourth-order valence-electron chi connectivity index (χ4n) is 4.25. The number of hydrogen-bond acceptors (Lipinski definition) is 9. The van der Waals surface area contributed by atoms with Gasteiger partial charge in [-0.15, -0.1) is 0 Å². The van der Waals surface area contributed by atoms with Crippen LogP contribution in [0, 0.1) is 0 Å². The Morgan fingerprint density at radius 2 is 1.94 bits per heavy atom. The van der Waals surface area contributed by atoms with Gasteiger partial charge in [-0.1, -0.05) is 41.7 Å². The van der Waals surface area contributed by atoms with E-state index in [2.05, 4.69) is 20.3 Å². The molecule has 1 N–H and O–H groups in total. The van der Waals surface area contributed by atoms with Crippen LogP contribution in [0.15, 0.2) is 36.7 Å². The summed E-state index contributed by atoms with van der Waals surface area (Å²) >= 11 is 1.43. The van der Waals surface area contributed by atoms with Gasteiger partial charge >= 0.3 is 6.09 Å². The number of aromatic nitrogens is 3. The Kier molecular flexibility index (Phi) is 6.65. The van der Waals surface area contributed by atoms with E-state index in [0.29, 0.717) is 31.2 Å². The number of likely N-dealkylation sites (tertiary alicyclic amines) is 1. The van der Waals surface area contributed by atoms with Crippen LogP contribution in [0.4, 0.5) is 9.93 Å². The Balaban J connectivity index is 1.24. The maximum Gasteiger partial charge on any atom is 0.410 e. The quantitative estimate of drug-likeness (QED) is 0.538. The summed E-state index contributed by atoms with van der Waals surface area (Å²) in [6, 6.07) is 9.60. The number of amides is 2. The lowest BCUT2D eigenvalue weighted by atomic mass is 10.2. The van der Waals surface area contributed by atoms with Crippen molar-refractivity contribution in [3.05, 3.63) is 42.2 Å². The molecular weight excluding hydrogens is 480 g/mol. The Bertz CT molecular complexity index is 1240. The zero-order chi connectivity index (χ0) is 25.3. The average molecular weight is 511 g/mol. The van der Waals surface area contributed by atoms with Crippen molar-refractivity contribution in [1.29, 1.82) is 0 Å². The number of hydrogen-bond donors (Lipinski definition) is 1. The molecule has 3 aromatic rings. The van der Waals surface area contributed by atoms with Crippen LogP contribution in [0.3, 0.4) is 0 Å². The molecule has 0 saturated carbocycles. The van der Waals surface area contributed by atoms with Gasteiger partial charge in [-0.3, -0.25) is 4.79 Å². The number of thiazole rings is 1. The molecule has 0 unspecified atom stereocenters. The first kappa shape index (κ1) is 24.2. The van der Waals surface area contributed by atoms with E-state index in [9.17, 15) is 9.59 Å². The molecule has 36 heavy (non-hydrogen) atoms. The molecular formula is C25H30N6O4S. The van der Waals surface area contributed by atoms with E-state index in [1.807, 2.05) is 56.0 Å². The minimum absolute atomic E-state index is 0.00475. The summed E-state index contributed by atoms with van der Waals surface area (Å²) in [6.45, 7) is 7.64. The maximum atomic E-state index is 13.0. The SMILES string of the molecule is CC(C)(C)OC(=O)N1CC(Oc2ncnc3nc(N4CCC[C@@H]4C(=O)NCc4ccccc4)sc23)C1. The Labute approximate surface area is 213 Å². The van der Waals surface area contributed by atoms with Crippen molar-refractivity contribution in [2.24, 2.45) is 0 Å². The van der Waals surface area contributed by atoms with E-state index in [1.165, 1.54) is 17.7 Å². The van der Waals surface area contributed by atoms with Crippen LogP contribution in [-0.2, 0) is 16.1 Å². The number of fused-ring (bicyclic) bond motifs is 1. The van der Waals surface area contributed by atoms with Crippen LogP contribution in [0.1, 0.15) is 39.2 Å². The number of rotatable bonds is 6. The number of carbonyl (C=O) groups excluding carboxylic acids is 2. The predicted molar refractivity (Wildman–Crippen MR) is 136 cm³/mol. The Morgan fingerprint density at radius 1 is 1.17 bits per heavy atom. The van der Waals surface area contributed by atoms with Crippen LogP contribution >= 0.6 is 11.3 Å². The largest absolute Gasteiger partial charge is 0.469 e. The number of benzene rings is 1. The van der Waals surface area contributed by atoms with Gasteiger partial charge in [0, 0.05) is 13.1 Å². The highest BCUT2D eigenvalue weighted by Gasteiger charge is 2.37. The zero-order valence-corrected chi connectivity index (χ0v) is 21.5. The van der Waals surface area contributed by atoms with Crippen LogP contribution in [0.25, 0.3) is 10.3 Å². The molecule has 10 nitrogen and oxygen atoms in total. The van der Waals surface area contributed by atoms with Gasteiger partial charge in [0.15, 0.2) is 10.8 Å². The fourth-order valence-corrected chi connectivity index (χ4v) is 5.27. The highest BCUT2D eigenvalue weighted by Crippen LogP contribution is 2.37. The van der Waals surface area contributed by atoms with Crippen molar-refractivity contribution in [1.82, 2.24) is 25.2 Å². The predicted octanol–water partition coefficient (Wildman–Crippen LogP) is 3.37. The van der Waals surface area contributed by atoms with Gasteiger partial charge in [0.2, 0.25) is 11.8 Å². The van der Waals surface area contributed by atoms with Crippen LogP contribution in [0.2, 0.25) is 0 Å². The first-order chi connectivity index (χ1) is 17.3. The van der Waals surface area contributed by atoms with Crippen molar-refractivity contribution in [2.75, 3.05) is 24.5 Å². The maximum absolute atomic E-state index is 13.0. The second-order valence-corrected chi connectivity index (χ2v) is 11.0. The number of anilines is 1. The van der Waals surface area contributed by atoms with Crippen molar-refractivity contribution in [3.63, 3.8) is 0 Å². The molecule has 0 bridgehead atoms. The number of ether oxygens (including phenoxy) is 2. The Morgan fingerprint density at radius 3 is 2.69 bits per heavy atom. The lowest BCUT2D eigenvalue weighted by molar-refractivity contribution is -0.122. The van der Waals surface area contributed by atoms with Gasteiger partial charge in [0.1, 0.15) is 28.8 Å². The minimum atomic E-state index is -0.535. The molecule has 0 aliphatic carbocycles. The second-order valence-electron chi connectivity index (χ2n) is 10.0. The molecule has 2 aliphatic heterocycles. The summed E-state index contributed by atoms with van der Waals surface area (Å²) in [5.74, 6) is 0.441. The highest BCUT2D eigenvalue weighted by atomic mass is 32.1. The summed E-state index contributed by atoms with van der Waals surface area (Å²) in [5, 5.41) is 3.79. The van der Waals surface area contributed by atoms with Crippen molar-refractivity contribution < 1.29 is 19.1 Å². The summed E-state index contributed by atoms with van der Waals surface area (Å²) in [6.07, 6.45) is 2.59. The third-order valence-electron chi connectivity index (χ3n) is 6.04. The van der Waals surface area contributed by atoms with Gasteiger partial charge < -0.3 is 24.6 Å². The molecule has 1 aromatic carbocycles. The lowest BCUT2D eigenvalue weighted by Gasteiger charge is -2.39. The van der Waals surface area contributed by atoms with E-state index in [1.54, 1.807) is 4.90 Å². The number of nitrogens with zero attached hydrogens (tertiary/aromatic N) is 5. The Hall–Kier alpha value is -3.47. The molecule has 2 fully saturated rings. The third-order valence-corrected chi connectivity index (χ3v) is 7.11. The summed E-state index contributed by atoms with van der Waals surface area (Å²) in [7, 11) is 0. The first-order valence-corrected chi connectivity index (χ1v) is 12.9. The second kappa shape index (κ2) is 9.88. The van der Waals surface area contributed by atoms with E-state index in [4.69, 9.17) is 9.47 Å². The molecule has 11 heteroatoms. The third kappa shape index (κ3) is 5.35. The van der Waals surface area contributed by atoms with Gasteiger partial charge in [0.25, 0.3) is 0 Å². The van der Waals surface area contributed by atoms with E-state index >= 15 is 0 Å². The van der Waals surface area contributed by atoms with Gasteiger partial charge in [-0.2, -0.15) is 4.98 Å². The molecule has 2 saturated heterocycles. The molecule has 190 valence electrons. The summed E-state index contributed by atoms with van der Waals surface area (Å²) < 4.78 is 12.2. The highest BCUT2D eigenvalue weighted by molar-refractivity contribution is 7.22. The van der Waals surface area contributed by atoms with Gasteiger partial charge in [-0.05, 0) is 39.2 Å². The molecule has 2 amide bonds. The van der Waals surface area contributed by atoms with Gasteiger partial charge in [-0.25, -0.2) is 14.8 Å². The van der Waals surface area contributed by atoms with Gasteiger partial charge in [0.05, 0.1) is 13.1 Å².